The molecule has 2 atom stereocenters. The van der Waals surface area contributed by atoms with Gasteiger partial charge in [0.2, 0.25) is 0 Å². The van der Waals surface area contributed by atoms with Crippen molar-refractivity contribution in [3.8, 4) is 5.75 Å². The topological polar surface area (TPSA) is 76.1 Å². The Morgan fingerprint density at radius 1 is 1.23 bits per heavy atom. The highest BCUT2D eigenvalue weighted by Crippen LogP contribution is 2.42. The number of carbonyl (C=O) groups is 2. The van der Waals surface area contributed by atoms with Gasteiger partial charge in [0.25, 0.3) is 11.7 Å². The molecule has 4 rings (SSSR count). The average Bonchev–Trinajstić information content (AvgIpc) is 3.36. The van der Waals surface area contributed by atoms with Crippen molar-refractivity contribution < 1.29 is 33.0 Å². The Balaban J connectivity index is 1.89. The highest BCUT2D eigenvalue weighted by atomic mass is 19.1. The van der Waals surface area contributed by atoms with E-state index in [0.29, 0.717) is 13.0 Å². The fourth-order valence-corrected chi connectivity index (χ4v) is 4.11. The molecule has 162 valence electrons. The number of halogens is 2. The first-order chi connectivity index (χ1) is 14.9. The Labute approximate surface area is 177 Å². The molecule has 2 unspecified atom stereocenters. The molecule has 2 aliphatic rings. The average molecular weight is 429 g/mol. The van der Waals surface area contributed by atoms with E-state index in [1.165, 1.54) is 36.3 Å². The Morgan fingerprint density at radius 3 is 2.68 bits per heavy atom. The maximum atomic E-state index is 14.8. The number of nitrogens with zero attached hydrogens (tertiary/aromatic N) is 1. The van der Waals surface area contributed by atoms with E-state index in [1.807, 2.05) is 0 Å². The molecule has 2 fully saturated rings. The number of Topliss-reactive ketones (excluding diaryl/α,β-unsaturated/α-hetero) is 1. The lowest BCUT2D eigenvalue weighted by atomic mass is 9.94. The molecule has 0 saturated carbocycles. The normalized spacial score (nSPS) is 22.9. The number of carbonyl (C=O) groups excluding carboxylic acids is 2. The number of hydrogen-bond donors (Lipinski definition) is 1. The summed E-state index contributed by atoms with van der Waals surface area (Å²) in [5.74, 6) is -3.67. The number of ether oxygens (including phenoxy) is 2. The maximum Gasteiger partial charge on any atom is 0.295 e. The van der Waals surface area contributed by atoms with Crippen LogP contribution in [0.3, 0.4) is 0 Å². The minimum absolute atomic E-state index is 0.0524. The van der Waals surface area contributed by atoms with E-state index in [0.717, 1.165) is 18.6 Å². The van der Waals surface area contributed by atoms with Gasteiger partial charge in [-0.1, -0.05) is 18.2 Å². The number of methoxy groups -OCH3 is 1. The van der Waals surface area contributed by atoms with Gasteiger partial charge >= 0.3 is 0 Å². The molecule has 0 aliphatic carbocycles. The van der Waals surface area contributed by atoms with Crippen LogP contribution < -0.4 is 4.74 Å². The van der Waals surface area contributed by atoms with Gasteiger partial charge in [-0.3, -0.25) is 9.59 Å². The third-order valence-electron chi connectivity index (χ3n) is 5.58. The monoisotopic (exact) mass is 429 g/mol. The van der Waals surface area contributed by atoms with Gasteiger partial charge in [-0.25, -0.2) is 8.78 Å². The first-order valence-electron chi connectivity index (χ1n) is 9.90. The molecule has 31 heavy (non-hydrogen) atoms. The number of rotatable bonds is 5. The molecule has 6 nitrogen and oxygen atoms in total. The first-order valence-corrected chi connectivity index (χ1v) is 9.90. The predicted molar refractivity (Wildman–Crippen MR) is 107 cm³/mol. The molecular weight excluding hydrogens is 408 g/mol. The maximum absolute atomic E-state index is 14.8. The molecule has 2 aromatic carbocycles. The van der Waals surface area contributed by atoms with Gasteiger partial charge < -0.3 is 19.5 Å². The molecule has 0 spiro atoms. The molecule has 2 aromatic rings. The van der Waals surface area contributed by atoms with Crippen LogP contribution in [0.2, 0.25) is 0 Å². The van der Waals surface area contributed by atoms with Crippen LogP contribution in [0.4, 0.5) is 8.78 Å². The standard InChI is InChI=1S/C23H21F2NO5/c1-30-18-9-8-13(24)11-16(18)21(27)19-20(15-6-2-3-7-17(15)25)26(23(29)22(19)28)12-14-5-4-10-31-14/h2-3,6-9,11,14,20,27H,4-5,10,12H2,1H3/b21-19+. The molecule has 0 aromatic heterocycles. The zero-order valence-corrected chi connectivity index (χ0v) is 16.8. The van der Waals surface area contributed by atoms with Crippen molar-refractivity contribution in [1.82, 2.24) is 4.90 Å². The summed E-state index contributed by atoms with van der Waals surface area (Å²) < 4.78 is 39.4. The van der Waals surface area contributed by atoms with Crippen LogP contribution in [-0.4, -0.2) is 48.1 Å². The van der Waals surface area contributed by atoms with Crippen LogP contribution in [0.1, 0.15) is 30.0 Å². The van der Waals surface area contributed by atoms with Crippen LogP contribution in [0.5, 0.6) is 5.75 Å². The van der Waals surface area contributed by atoms with Crippen molar-refractivity contribution in [3.05, 3.63) is 70.8 Å². The number of ketones is 1. The summed E-state index contributed by atoms with van der Waals surface area (Å²) in [5.41, 5.74) is -0.368. The van der Waals surface area contributed by atoms with Gasteiger partial charge in [0.05, 0.1) is 30.4 Å². The van der Waals surface area contributed by atoms with E-state index in [2.05, 4.69) is 0 Å². The highest BCUT2D eigenvalue weighted by Gasteiger charge is 2.48. The minimum Gasteiger partial charge on any atom is -0.507 e. The van der Waals surface area contributed by atoms with E-state index in [9.17, 15) is 23.5 Å². The van der Waals surface area contributed by atoms with Crippen molar-refractivity contribution in [3.63, 3.8) is 0 Å². The zero-order valence-electron chi connectivity index (χ0n) is 16.8. The van der Waals surface area contributed by atoms with Crippen molar-refractivity contribution >= 4 is 17.4 Å². The van der Waals surface area contributed by atoms with E-state index in [1.54, 1.807) is 6.07 Å². The molecule has 2 saturated heterocycles. The van der Waals surface area contributed by atoms with Crippen LogP contribution in [0.15, 0.2) is 48.0 Å². The minimum atomic E-state index is -1.18. The molecule has 2 heterocycles. The first kappa shape index (κ1) is 21.0. The van der Waals surface area contributed by atoms with Gasteiger partial charge in [0.1, 0.15) is 23.1 Å². The SMILES string of the molecule is COc1ccc(F)cc1/C(O)=C1\C(=O)C(=O)N(CC2CCCO2)C1c1ccccc1F. The van der Waals surface area contributed by atoms with Crippen molar-refractivity contribution in [2.75, 3.05) is 20.3 Å². The summed E-state index contributed by atoms with van der Waals surface area (Å²) in [6.07, 6.45) is 1.22. The Hall–Kier alpha value is -3.26. The summed E-state index contributed by atoms with van der Waals surface area (Å²) in [4.78, 5) is 27.1. The smallest absolute Gasteiger partial charge is 0.295 e. The lowest BCUT2D eigenvalue weighted by molar-refractivity contribution is -0.140. The van der Waals surface area contributed by atoms with E-state index in [-0.39, 0.29) is 35.1 Å². The Morgan fingerprint density at radius 2 is 2.00 bits per heavy atom. The number of hydrogen-bond acceptors (Lipinski definition) is 5. The second-order valence-electron chi connectivity index (χ2n) is 7.45. The van der Waals surface area contributed by atoms with E-state index in [4.69, 9.17) is 9.47 Å². The number of likely N-dealkylation sites (tertiary alicyclic amines) is 1. The van der Waals surface area contributed by atoms with E-state index < -0.39 is 35.1 Å². The third-order valence-corrected chi connectivity index (χ3v) is 5.58. The largest absolute Gasteiger partial charge is 0.507 e. The molecule has 8 heteroatoms. The molecular formula is C23H21F2NO5. The van der Waals surface area contributed by atoms with Crippen molar-refractivity contribution in [2.24, 2.45) is 0 Å². The number of amides is 1. The number of aliphatic hydroxyl groups is 1. The summed E-state index contributed by atoms with van der Waals surface area (Å²) in [7, 11) is 1.33. The number of benzene rings is 2. The van der Waals surface area contributed by atoms with Crippen LogP contribution in [0, 0.1) is 11.6 Å². The molecule has 1 amide bonds. The van der Waals surface area contributed by atoms with Gasteiger partial charge in [0, 0.05) is 18.7 Å². The van der Waals surface area contributed by atoms with Crippen LogP contribution >= 0.6 is 0 Å². The summed E-state index contributed by atoms with van der Waals surface area (Å²) in [6, 6.07) is 7.98. The zero-order chi connectivity index (χ0) is 22.1. The van der Waals surface area contributed by atoms with Gasteiger partial charge in [0.15, 0.2) is 0 Å². The van der Waals surface area contributed by atoms with Gasteiger partial charge in [-0.05, 0) is 37.1 Å². The highest BCUT2D eigenvalue weighted by molar-refractivity contribution is 6.46. The lowest BCUT2D eigenvalue weighted by Gasteiger charge is -2.27. The van der Waals surface area contributed by atoms with Crippen molar-refractivity contribution in [1.29, 1.82) is 0 Å². The summed E-state index contributed by atoms with van der Waals surface area (Å²) in [5, 5.41) is 11.0. The lowest BCUT2D eigenvalue weighted by Crippen LogP contribution is -2.36. The van der Waals surface area contributed by atoms with E-state index >= 15 is 0 Å². The van der Waals surface area contributed by atoms with Gasteiger partial charge in [-0.2, -0.15) is 0 Å². The molecule has 0 radical (unpaired) electrons. The van der Waals surface area contributed by atoms with Crippen molar-refractivity contribution in [2.45, 2.75) is 25.0 Å². The summed E-state index contributed by atoms with van der Waals surface area (Å²) >= 11 is 0. The third kappa shape index (κ3) is 3.79. The Kier molecular flexibility index (Phi) is 5.73. The summed E-state index contributed by atoms with van der Waals surface area (Å²) in [6.45, 7) is 0.611. The van der Waals surface area contributed by atoms with Crippen LogP contribution in [-0.2, 0) is 14.3 Å². The van der Waals surface area contributed by atoms with Gasteiger partial charge in [-0.15, -0.1) is 0 Å². The molecule has 2 aliphatic heterocycles. The fraction of sp³-hybridized carbons (Fsp3) is 0.304. The quantitative estimate of drug-likeness (QED) is 0.447. The predicted octanol–water partition coefficient (Wildman–Crippen LogP) is 3.57. The molecule has 1 N–H and O–H groups in total. The number of aliphatic hydroxyl groups excluding tert-OH is 1. The fourth-order valence-electron chi connectivity index (χ4n) is 4.11. The van der Waals surface area contributed by atoms with Crippen LogP contribution in [0.25, 0.3) is 5.76 Å². The molecule has 0 bridgehead atoms. The second kappa shape index (κ2) is 8.47. The second-order valence-corrected chi connectivity index (χ2v) is 7.45. The Bertz CT molecular complexity index is 1060.